The molecule has 53 heavy (non-hydrogen) atoms. The molecule has 3 amide bonds. The minimum absolute atomic E-state index is 0.0792. The van der Waals surface area contributed by atoms with Crippen molar-refractivity contribution in [1.29, 1.82) is 0 Å². The molecule has 0 aromatic heterocycles. The van der Waals surface area contributed by atoms with Crippen LogP contribution >= 0.6 is 0 Å². The fourth-order valence-corrected chi connectivity index (χ4v) is 6.45. The zero-order valence-electron chi connectivity index (χ0n) is 33.6. The van der Waals surface area contributed by atoms with Crippen LogP contribution in [0.1, 0.15) is 83.8 Å². The number of benzene rings is 2. The number of carbonyl (C=O) groups is 4. The largest absolute Gasteiger partial charge is 0.493 e. The van der Waals surface area contributed by atoms with Gasteiger partial charge in [-0.05, 0) is 108 Å². The Bertz CT molecular complexity index is 1310. The summed E-state index contributed by atoms with van der Waals surface area (Å²) in [6, 6.07) is 14.2. The SMILES string of the molecule is C=O.CCCN(C(=O)Nc1ccccc1)C1CCN(C(=O)OCC(C)=O)CC1.CCCN(CCC)C1CCOCC1.COc1cc(C)cc(C)c1OC. The Kier molecular flexibility index (Phi) is 24.3. The van der Waals surface area contributed by atoms with E-state index in [9.17, 15) is 14.4 Å². The Balaban J connectivity index is 0.000000434. The number of methoxy groups -OCH3 is 2. The third kappa shape index (κ3) is 17.5. The first kappa shape index (κ1) is 46.9. The van der Waals surface area contributed by atoms with Gasteiger partial charge in [-0.15, -0.1) is 0 Å². The van der Waals surface area contributed by atoms with Gasteiger partial charge >= 0.3 is 12.1 Å². The second kappa shape index (κ2) is 27.4. The van der Waals surface area contributed by atoms with Crippen molar-refractivity contribution in [1.82, 2.24) is 14.7 Å². The van der Waals surface area contributed by atoms with E-state index in [1.165, 1.54) is 51.3 Å². The highest BCUT2D eigenvalue weighted by molar-refractivity contribution is 5.89. The van der Waals surface area contributed by atoms with Crippen molar-refractivity contribution in [3.8, 4) is 11.5 Å². The van der Waals surface area contributed by atoms with Crippen LogP contribution in [0.25, 0.3) is 0 Å². The molecule has 0 unspecified atom stereocenters. The number of para-hydroxylation sites is 1. The summed E-state index contributed by atoms with van der Waals surface area (Å²) in [5.41, 5.74) is 3.06. The van der Waals surface area contributed by atoms with Crippen LogP contribution in [-0.2, 0) is 19.1 Å². The summed E-state index contributed by atoms with van der Waals surface area (Å²) in [6.07, 6.45) is 6.81. The molecule has 0 aliphatic carbocycles. The van der Waals surface area contributed by atoms with Gasteiger partial charge in [0, 0.05) is 50.6 Å². The van der Waals surface area contributed by atoms with Crippen molar-refractivity contribution in [3.63, 3.8) is 0 Å². The lowest BCUT2D eigenvalue weighted by Gasteiger charge is -2.38. The highest BCUT2D eigenvalue weighted by Crippen LogP contribution is 2.31. The lowest BCUT2D eigenvalue weighted by Crippen LogP contribution is -2.50. The van der Waals surface area contributed by atoms with Crippen molar-refractivity contribution in [3.05, 3.63) is 53.6 Å². The standard InChI is InChI=1S/C19H27N3O4.C11H23NO.C10H14O2.CH2O/c1-3-11-22(18(24)20-16-7-5-4-6-8-16)17-9-12-21(13-10-17)19(25)26-14-15(2)23;1-3-7-12(8-4-2)11-5-9-13-10-6-11;1-7-5-8(2)10(12-4)9(6-7)11-3;1-2/h4-8,17H,3,9-14H2,1-2H3,(H,20,24);11H,3-10H2,1-2H3;5-6H,1-4H3;1H2. The molecule has 2 aliphatic heterocycles. The fraction of sp³-hybridized carbons (Fsp3) is 0.610. The summed E-state index contributed by atoms with van der Waals surface area (Å²) in [7, 11) is 3.30. The first-order chi connectivity index (χ1) is 25.6. The minimum atomic E-state index is -0.463. The van der Waals surface area contributed by atoms with E-state index in [1.54, 1.807) is 19.1 Å². The number of rotatable bonds is 13. The predicted octanol–water partition coefficient (Wildman–Crippen LogP) is 7.54. The number of ketones is 1. The van der Waals surface area contributed by atoms with Crippen molar-refractivity contribution in [2.45, 2.75) is 98.6 Å². The van der Waals surface area contributed by atoms with Gasteiger partial charge in [-0.25, -0.2) is 9.59 Å². The number of urea groups is 1. The maximum absolute atomic E-state index is 12.7. The number of carbonyl (C=O) groups excluding carboxylic acids is 4. The number of hydrogen-bond acceptors (Lipinski definition) is 9. The summed E-state index contributed by atoms with van der Waals surface area (Å²) in [5.74, 6) is 1.44. The Morgan fingerprint density at radius 2 is 1.43 bits per heavy atom. The molecular formula is C41H66N4O8. The van der Waals surface area contributed by atoms with E-state index in [4.69, 9.17) is 23.7 Å². The lowest BCUT2D eigenvalue weighted by atomic mass is 10.0. The molecule has 2 aliphatic rings. The molecule has 1 N–H and O–H groups in total. The number of nitrogens with one attached hydrogen (secondary N) is 1. The van der Waals surface area contributed by atoms with Gasteiger partial charge in [0.2, 0.25) is 0 Å². The van der Waals surface area contributed by atoms with E-state index in [0.29, 0.717) is 32.5 Å². The second-order valence-electron chi connectivity index (χ2n) is 13.2. The van der Waals surface area contributed by atoms with E-state index in [2.05, 4.69) is 30.1 Å². The summed E-state index contributed by atoms with van der Waals surface area (Å²) in [4.78, 5) is 49.6. The quantitative estimate of drug-likeness (QED) is 0.222. The zero-order valence-corrected chi connectivity index (χ0v) is 33.6. The van der Waals surface area contributed by atoms with E-state index in [1.807, 2.05) is 68.9 Å². The van der Waals surface area contributed by atoms with Gasteiger partial charge in [0.15, 0.2) is 23.9 Å². The minimum Gasteiger partial charge on any atom is -0.493 e. The molecule has 2 saturated heterocycles. The van der Waals surface area contributed by atoms with Crippen LogP contribution in [0.3, 0.4) is 0 Å². The predicted molar refractivity (Wildman–Crippen MR) is 211 cm³/mol. The molecule has 2 fully saturated rings. The van der Waals surface area contributed by atoms with Crippen LogP contribution in [0.5, 0.6) is 11.5 Å². The van der Waals surface area contributed by atoms with Crippen LogP contribution in [0.15, 0.2) is 42.5 Å². The van der Waals surface area contributed by atoms with E-state index >= 15 is 0 Å². The van der Waals surface area contributed by atoms with Crippen molar-refractivity contribution in [2.75, 3.05) is 72.1 Å². The average Bonchev–Trinajstić information content (AvgIpc) is 3.17. The summed E-state index contributed by atoms with van der Waals surface area (Å²) < 4.78 is 20.7. The molecule has 298 valence electrons. The molecule has 0 radical (unpaired) electrons. The van der Waals surface area contributed by atoms with Gasteiger partial charge in [0.1, 0.15) is 6.79 Å². The molecule has 0 atom stereocenters. The van der Waals surface area contributed by atoms with Gasteiger partial charge in [0.05, 0.1) is 14.2 Å². The van der Waals surface area contributed by atoms with Crippen LogP contribution in [0.4, 0.5) is 15.3 Å². The van der Waals surface area contributed by atoms with Crippen LogP contribution < -0.4 is 14.8 Å². The summed E-state index contributed by atoms with van der Waals surface area (Å²) >= 11 is 0. The number of anilines is 1. The Hall–Kier alpha value is -4.16. The first-order valence-electron chi connectivity index (χ1n) is 18.9. The van der Waals surface area contributed by atoms with E-state index < -0.39 is 6.09 Å². The molecule has 4 rings (SSSR count). The Labute approximate surface area is 318 Å². The van der Waals surface area contributed by atoms with Crippen molar-refractivity contribution >= 4 is 30.4 Å². The molecule has 12 heteroatoms. The number of Topliss-reactive ketones (excluding diaryl/α,β-unsaturated/α-hetero) is 1. The number of ether oxygens (including phenoxy) is 4. The monoisotopic (exact) mass is 742 g/mol. The smallest absolute Gasteiger partial charge is 0.410 e. The molecular weight excluding hydrogens is 676 g/mol. The molecule has 2 heterocycles. The number of hydrogen-bond donors (Lipinski definition) is 1. The number of piperidine rings is 1. The summed E-state index contributed by atoms with van der Waals surface area (Å²) in [5, 5.41) is 2.94. The van der Waals surface area contributed by atoms with Crippen LogP contribution in [0.2, 0.25) is 0 Å². The third-order valence-electron chi connectivity index (χ3n) is 8.85. The van der Waals surface area contributed by atoms with Gasteiger partial charge in [-0.3, -0.25) is 4.79 Å². The highest BCUT2D eigenvalue weighted by atomic mass is 16.6. The Morgan fingerprint density at radius 1 is 0.849 bits per heavy atom. The topological polar surface area (TPSA) is 127 Å². The van der Waals surface area contributed by atoms with Crippen LogP contribution in [-0.4, -0.2) is 118 Å². The van der Waals surface area contributed by atoms with E-state index in [0.717, 1.165) is 48.4 Å². The van der Waals surface area contributed by atoms with E-state index in [-0.39, 0.29) is 24.5 Å². The number of aryl methyl sites for hydroxylation is 2. The normalized spacial score (nSPS) is 14.2. The van der Waals surface area contributed by atoms with Crippen LogP contribution in [0, 0.1) is 13.8 Å². The molecule has 0 bridgehead atoms. The molecule has 2 aromatic rings. The first-order valence-corrected chi connectivity index (χ1v) is 18.9. The number of likely N-dealkylation sites (tertiary alicyclic amines) is 1. The molecule has 2 aromatic carbocycles. The maximum atomic E-state index is 12.7. The zero-order chi connectivity index (χ0) is 39.6. The fourth-order valence-electron chi connectivity index (χ4n) is 6.45. The molecule has 0 spiro atoms. The Morgan fingerprint density at radius 3 is 1.94 bits per heavy atom. The molecule has 0 saturated carbocycles. The number of nitrogens with zero attached hydrogens (tertiary/aromatic N) is 3. The third-order valence-corrected chi connectivity index (χ3v) is 8.85. The van der Waals surface area contributed by atoms with Gasteiger partial charge in [0.25, 0.3) is 0 Å². The van der Waals surface area contributed by atoms with Gasteiger partial charge in [-0.2, -0.15) is 0 Å². The lowest BCUT2D eigenvalue weighted by molar-refractivity contribution is -0.120. The van der Waals surface area contributed by atoms with Gasteiger partial charge < -0.3 is 43.8 Å². The van der Waals surface area contributed by atoms with Crippen molar-refractivity contribution < 1.29 is 38.1 Å². The highest BCUT2D eigenvalue weighted by Gasteiger charge is 2.30. The summed E-state index contributed by atoms with van der Waals surface area (Å²) in [6.45, 7) is 20.0. The number of amides is 3. The molecule has 12 nitrogen and oxygen atoms in total. The van der Waals surface area contributed by atoms with Crippen molar-refractivity contribution in [2.24, 2.45) is 0 Å². The average molecular weight is 743 g/mol. The van der Waals surface area contributed by atoms with Gasteiger partial charge in [-0.1, -0.05) is 45.0 Å². The maximum Gasteiger partial charge on any atom is 0.410 e. The second-order valence-corrected chi connectivity index (χ2v) is 13.2.